The summed E-state index contributed by atoms with van der Waals surface area (Å²) >= 11 is 0. The van der Waals surface area contributed by atoms with Crippen molar-refractivity contribution in [2.24, 2.45) is 0 Å². The summed E-state index contributed by atoms with van der Waals surface area (Å²) in [6.07, 6.45) is 0.397. The molecular weight excluding hydrogens is 270 g/mol. The van der Waals surface area contributed by atoms with Gasteiger partial charge in [0.15, 0.2) is 0 Å². The van der Waals surface area contributed by atoms with Gasteiger partial charge in [0.05, 0.1) is 6.42 Å². The first-order valence-electron chi connectivity index (χ1n) is 7.46. The third-order valence-electron chi connectivity index (χ3n) is 3.97. The molecule has 0 radical (unpaired) electrons. The summed E-state index contributed by atoms with van der Waals surface area (Å²) in [5, 5.41) is 5.28. The van der Waals surface area contributed by atoms with Crippen molar-refractivity contribution < 1.29 is 4.79 Å². The second-order valence-corrected chi connectivity index (χ2v) is 5.71. The van der Waals surface area contributed by atoms with E-state index in [4.69, 9.17) is 0 Å². The highest BCUT2D eigenvalue weighted by Gasteiger charge is 2.06. The number of anilines is 1. The Kier molecular flexibility index (Phi) is 3.92. The summed E-state index contributed by atoms with van der Waals surface area (Å²) in [5.74, 6) is 0.0125. The minimum Gasteiger partial charge on any atom is -0.326 e. The first-order valence-corrected chi connectivity index (χ1v) is 7.46. The van der Waals surface area contributed by atoms with E-state index in [9.17, 15) is 4.79 Å². The lowest BCUT2D eigenvalue weighted by molar-refractivity contribution is -0.115. The van der Waals surface area contributed by atoms with Crippen LogP contribution in [0.4, 0.5) is 5.69 Å². The SMILES string of the molecule is Cc1ccc(CC(=O)Nc2ccc3ccccc3c2)cc1C. The summed E-state index contributed by atoms with van der Waals surface area (Å²) in [4.78, 5) is 12.2. The quantitative estimate of drug-likeness (QED) is 0.748. The zero-order chi connectivity index (χ0) is 15.5. The van der Waals surface area contributed by atoms with Gasteiger partial charge in [0.2, 0.25) is 5.91 Å². The highest BCUT2D eigenvalue weighted by atomic mass is 16.1. The molecule has 110 valence electrons. The van der Waals surface area contributed by atoms with Crippen molar-refractivity contribution in [1.82, 2.24) is 0 Å². The Hall–Kier alpha value is -2.61. The lowest BCUT2D eigenvalue weighted by Crippen LogP contribution is -2.14. The Morgan fingerprint density at radius 2 is 1.64 bits per heavy atom. The smallest absolute Gasteiger partial charge is 0.228 e. The molecular formula is C20H19NO. The number of fused-ring (bicyclic) bond motifs is 1. The fourth-order valence-corrected chi connectivity index (χ4v) is 2.57. The summed E-state index contributed by atoms with van der Waals surface area (Å²) < 4.78 is 0. The first kappa shape index (κ1) is 14.3. The third kappa shape index (κ3) is 3.17. The van der Waals surface area contributed by atoms with E-state index in [-0.39, 0.29) is 5.91 Å². The number of carbonyl (C=O) groups is 1. The van der Waals surface area contributed by atoms with Crippen LogP contribution in [0.3, 0.4) is 0 Å². The van der Waals surface area contributed by atoms with Gasteiger partial charge in [-0.2, -0.15) is 0 Å². The largest absolute Gasteiger partial charge is 0.326 e. The van der Waals surface area contributed by atoms with E-state index in [0.29, 0.717) is 6.42 Å². The van der Waals surface area contributed by atoms with Crippen LogP contribution in [0.25, 0.3) is 10.8 Å². The van der Waals surface area contributed by atoms with Crippen LogP contribution in [0.5, 0.6) is 0 Å². The van der Waals surface area contributed by atoms with Crippen LogP contribution < -0.4 is 5.32 Å². The molecule has 3 aromatic carbocycles. The van der Waals surface area contributed by atoms with Gasteiger partial charge < -0.3 is 5.32 Å². The van der Waals surface area contributed by atoms with Crippen LogP contribution in [-0.4, -0.2) is 5.91 Å². The van der Waals surface area contributed by atoms with Gasteiger partial charge in [-0.1, -0.05) is 48.5 Å². The summed E-state index contributed by atoms with van der Waals surface area (Å²) in [5.41, 5.74) is 4.35. The molecule has 3 aromatic rings. The lowest BCUT2D eigenvalue weighted by atomic mass is 10.0. The molecule has 0 aliphatic rings. The Morgan fingerprint density at radius 3 is 2.41 bits per heavy atom. The minimum atomic E-state index is 0.0125. The van der Waals surface area contributed by atoms with Crippen molar-refractivity contribution in [2.75, 3.05) is 5.32 Å². The van der Waals surface area contributed by atoms with Gasteiger partial charge in [-0.05, 0) is 53.4 Å². The van der Waals surface area contributed by atoms with Gasteiger partial charge in [0.25, 0.3) is 0 Å². The number of rotatable bonds is 3. The Morgan fingerprint density at radius 1 is 0.864 bits per heavy atom. The second kappa shape index (κ2) is 6.02. The van der Waals surface area contributed by atoms with Crippen LogP contribution in [0.1, 0.15) is 16.7 Å². The van der Waals surface area contributed by atoms with E-state index in [1.54, 1.807) is 0 Å². The summed E-state index contributed by atoms with van der Waals surface area (Å²) in [7, 11) is 0. The van der Waals surface area contributed by atoms with E-state index in [2.05, 4.69) is 37.4 Å². The number of hydrogen-bond acceptors (Lipinski definition) is 1. The van der Waals surface area contributed by atoms with Crippen LogP contribution in [0.2, 0.25) is 0 Å². The third-order valence-corrected chi connectivity index (χ3v) is 3.97. The van der Waals surface area contributed by atoms with Gasteiger partial charge in [0, 0.05) is 5.69 Å². The van der Waals surface area contributed by atoms with E-state index < -0.39 is 0 Å². The molecule has 0 aliphatic heterocycles. The standard InChI is InChI=1S/C20H19NO/c1-14-7-8-16(11-15(14)2)12-20(22)21-19-10-9-17-5-3-4-6-18(17)13-19/h3-11,13H,12H2,1-2H3,(H,21,22). The van der Waals surface area contributed by atoms with Gasteiger partial charge in [-0.3, -0.25) is 4.79 Å². The van der Waals surface area contributed by atoms with Gasteiger partial charge in [0.1, 0.15) is 0 Å². The van der Waals surface area contributed by atoms with Crippen LogP contribution in [0.15, 0.2) is 60.7 Å². The van der Waals surface area contributed by atoms with Gasteiger partial charge in [-0.15, -0.1) is 0 Å². The van der Waals surface area contributed by atoms with E-state index >= 15 is 0 Å². The number of hydrogen-bond donors (Lipinski definition) is 1. The number of aryl methyl sites for hydroxylation is 2. The Labute approximate surface area is 130 Å². The first-order chi connectivity index (χ1) is 10.6. The number of benzene rings is 3. The monoisotopic (exact) mass is 289 g/mol. The molecule has 0 heterocycles. The van der Waals surface area contributed by atoms with Gasteiger partial charge >= 0.3 is 0 Å². The van der Waals surface area contributed by atoms with E-state index in [1.165, 1.54) is 16.5 Å². The van der Waals surface area contributed by atoms with Crippen molar-refractivity contribution in [1.29, 1.82) is 0 Å². The highest BCUT2D eigenvalue weighted by Crippen LogP contribution is 2.19. The molecule has 0 fully saturated rings. The molecule has 2 nitrogen and oxygen atoms in total. The topological polar surface area (TPSA) is 29.1 Å². The summed E-state index contributed by atoms with van der Waals surface area (Å²) in [6, 6.07) is 20.3. The van der Waals surface area contributed by atoms with Crippen molar-refractivity contribution in [3.05, 3.63) is 77.4 Å². The van der Waals surface area contributed by atoms with E-state index in [0.717, 1.165) is 16.6 Å². The maximum Gasteiger partial charge on any atom is 0.228 e. The maximum absolute atomic E-state index is 12.2. The van der Waals surface area contributed by atoms with Crippen molar-refractivity contribution in [2.45, 2.75) is 20.3 Å². The molecule has 0 spiro atoms. The highest BCUT2D eigenvalue weighted by molar-refractivity contribution is 5.95. The van der Waals surface area contributed by atoms with Gasteiger partial charge in [-0.25, -0.2) is 0 Å². The van der Waals surface area contributed by atoms with E-state index in [1.807, 2.05) is 42.5 Å². The molecule has 3 rings (SSSR count). The Balaban J connectivity index is 1.73. The van der Waals surface area contributed by atoms with Crippen molar-refractivity contribution in [3.63, 3.8) is 0 Å². The van der Waals surface area contributed by atoms with Crippen LogP contribution in [-0.2, 0) is 11.2 Å². The number of amides is 1. The molecule has 0 unspecified atom stereocenters. The molecule has 22 heavy (non-hydrogen) atoms. The van der Waals surface area contributed by atoms with Crippen molar-refractivity contribution >= 4 is 22.4 Å². The van der Waals surface area contributed by atoms with Crippen molar-refractivity contribution in [3.8, 4) is 0 Å². The molecule has 0 aromatic heterocycles. The lowest BCUT2D eigenvalue weighted by Gasteiger charge is -2.08. The minimum absolute atomic E-state index is 0.0125. The molecule has 0 saturated heterocycles. The second-order valence-electron chi connectivity index (χ2n) is 5.71. The molecule has 2 heteroatoms. The average molecular weight is 289 g/mol. The van der Waals surface area contributed by atoms with Crippen LogP contribution in [0, 0.1) is 13.8 Å². The fraction of sp³-hybridized carbons (Fsp3) is 0.150. The molecule has 0 atom stereocenters. The number of carbonyl (C=O) groups excluding carboxylic acids is 1. The zero-order valence-corrected chi connectivity index (χ0v) is 12.9. The normalized spacial score (nSPS) is 10.6. The molecule has 1 amide bonds. The molecule has 0 bridgehead atoms. The molecule has 0 aliphatic carbocycles. The maximum atomic E-state index is 12.2. The predicted octanol–water partition coefficient (Wildman–Crippen LogP) is 4.64. The fourth-order valence-electron chi connectivity index (χ4n) is 2.57. The number of nitrogens with one attached hydrogen (secondary N) is 1. The Bertz CT molecular complexity index is 836. The predicted molar refractivity (Wildman–Crippen MR) is 92.2 cm³/mol. The van der Waals surface area contributed by atoms with Crippen LogP contribution >= 0.6 is 0 Å². The zero-order valence-electron chi connectivity index (χ0n) is 12.9. The molecule has 0 saturated carbocycles. The molecule has 1 N–H and O–H groups in total. The average Bonchev–Trinajstić information content (AvgIpc) is 2.51. The summed E-state index contributed by atoms with van der Waals surface area (Å²) in [6.45, 7) is 4.15.